The summed E-state index contributed by atoms with van der Waals surface area (Å²) in [5.74, 6) is 1.95. The van der Waals surface area contributed by atoms with Gasteiger partial charge in [0.2, 0.25) is 0 Å². The van der Waals surface area contributed by atoms with Crippen molar-refractivity contribution in [3.8, 4) is 0 Å². The van der Waals surface area contributed by atoms with Gasteiger partial charge in [-0.2, -0.15) is 0 Å². The molecule has 0 amide bonds. The fourth-order valence-corrected chi connectivity index (χ4v) is 4.07. The molecule has 0 N–H and O–H groups in total. The molecule has 2 rings (SSSR count). The molecule has 2 aliphatic carbocycles. The number of allylic oxidation sites excluding steroid dienone is 8. The van der Waals surface area contributed by atoms with Crippen molar-refractivity contribution in [2.75, 3.05) is 0 Å². The van der Waals surface area contributed by atoms with Gasteiger partial charge in [-0.15, -0.1) is 0 Å². The second kappa shape index (κ2) is 4.57. The predicted molar refractivity (Wildman–Crippen MR) is 80.4 cm³/mol. The van der Waals surface area contributed by atoms with Gasteiger partial charge in [0.05, 0.1) is 0 Å². The summed E-state index contributed by atoms with van der Waals surface area (Å²) in [6.07, 6.45) is 4.74. The second-order valence-corrected chi connectivity index (χ2v) is 6.32. The molecule has 2 atom stereocenters. The molecule has 0 saturated heterocycles. The highest BCUT2D eigenvalue weighted by Crippen LogP contribution is 2.46. The van der Waals surface area contributed by atoms with E-state index in [0.29, 0.717) is 17.8 Å². The first-order valence-corrected chi connectivity index (χ1v) is 7.05. The molecule has 98 valence electrons. The van der Waals surface area contributed by atoms with Crippen molar-refractivity contribution in [3.63, 3.8) is 0 Å². The average molecular weight is 242 g/mol. The Bertz CT molecular complexity index is 448. The Balaban J connectivity index is 2.32. The van der Waals surface area contributed by atoms with Gasteiger partial charge in [-0.25, -0.2) is 0 Å². The van der Waals surface area contributed by atoms with Crippen LogP contribution in [0.15, 0.2) is 45.6 Å². The van der Waals surface area contributed by atoms with Crippen molar-refractivity contribution in [2.24, 2.45) is 17.8 Å². The Morgan fingerprint density at radius 3 is 1.28 bits per heavy atom. The van der Waals surface area contributed by atoms with Gasteiger partial charge >= 0.3 is 0 Å². The van der Waals surface area contributed by atoms with E-state index in [9.17, 15) is 0 Å². The van der Waals surface area contributed by atoms with Crippen LogP contribution in [0.5, 0.6) is 0 Å². The molecule has 0 fully saturated rings. The van der Waals surface area contributed by atoms with Gasteiger partial charge in [-0.1, -0.05) is 52.5 Å². The third-order valence-corrected chi connectivity index (χ3v) is 5.10. The number of rotatable bonds is 2. The lowest BCUT2D eigenvalue weighted by molar-refractivity contribution is 0.381. The Kier molecular flexibility index (Phi) is 3.40. The van der Waals surface area contributed by atoms with Crippen LogP contribution in [0.2, 0.25) is 0 Å². The second-order valence-electron chi connectivity index (χ2n) is 6.32. The molecule has 2 unspecified atom stereocenters. The Morgan fingerprint density at radius 2 is 1.06 bits per heavy atom. The zero-order chi connectivity index (χ0) is 13.6. The maximum absolute atomic E-state index is 2.42. The minimum atomic E-state index is 0.638. The zero-order valence-electron chi connectivity index (χ0n) is 12.9. The molecule has 0 radical (unpaired) electrons. The molecule has 0 bridgehead atoms. The monoisotopic (exact) mass is 242 g/mol. The summed E-state index contributed by atoms with van der Waals surface area (Å²) in [6, 6.07) is 0. The van der Waals surface area contributed by atoms with E-state index in [0.717, 1.165) is 0 Å². The molecule has 0 heterocycles. The van der Waals surface area contributed by atoms with Crippen molar-refractivity contribution in [1.29, 1.82) is 0 Å². The van der Waals surface area contributed by atoms with E-state index in [1.807, 2.05) is 0 Å². The summed E-state index contributed by atoms with van der Waals surface area (Å²) < 4.78 is 0. The first kappa shape index (κ1) is 13.4. The van der Waals surface area contributed by atoms with Crippen molar-refractivity contribution in [2.45, 2.75) is 48.5 Å². The summed E-state index contributed by atoms with van der Waals surface area (Å²) >= 11 is 0. The molecular weight excluding hydrogens is 216 g/mol. The van der Waals surface area contributed by atoms with Gasteiger partial charge in [0.1, 0.15) is 0 Å². The third-order valence-electron chi connectivity index (χ3n) is 5.10. The molecule has 0 aromatic carbocycles. The molecule has 0 nitrogen and oxygen atoms in total. The van der Waals surface area contributed by atoms with Crippen LogP contribution < -0.4 is 0 Å². The molecule has 0 heteroatoms. The maximum Gasteiger partial charge on any atom is 0.00448 e. The molecule has 18 heavy (non-hydrogen) atoms. The van der Waals surface area contributed by atoms with Crippen LogP contribution >= 0.6 is 0 Å². The van der Waals surface area contributed by atoms with Crippen LogP contribution in [-0.4, -0.2) is 0 Å². The fraction of sp³-hybridized carbons (Fsp3) is 0.556. The molecule has 0 aliphatic heterocycles. The lowest BCUT2D eigenvalue weighted by Crippen LogP contribution is -2.22. The van der Waals surface area contributed by atoms with E-state index >= 15 is 0 Å². The van der Waals surface area contributed by atoms with Gasteiger partial charge in [0.25, 0.3) is 0 Å². The standard InChI is InChI=1S/C18H26/c1-10-8-12(3)17(14(10)5)16(7)18-13(4)9-11(2)15(18)6/h8-9,16-18H,1-7H3. The van der Waals surface area contributed by atoms with Crippen molar-refractivity contribution < 1.29 is 0 Å². The molecule has 0 aromatic heterocycles. The fourth-order valence-electron chi connectivity index (χ4n) is 4.07. The van der Waals surface area contributed by atoms with Gasteiger partial charge in [0.15, 0.2) is 0 Å². The first-order valence-electron chi connectivity index (χ1n) is 7.05. The average Bonchev–Trinajstić information content (AvgIpc) is 2.66. The highest BCUT2D eigenvalue weighted by atomic mass is 14.4. The Labute approximate surface area is 112 Å². The predicted octanol–water partition coefficient (Wildman–Crippen LogP) is 5.45. The van der Waals surface area contributed by atoms with Crippen LogP contribution in [0.3, 0.4) is 0 Å². The molecular formula is C18H26. The smallest absolute Gasteiger partial charge is 0.00448 e. The van der Waals surface area contributed by atoms with Crippen LogP contribution in [0, 0.1) is 17.8 Å². The van der Waals surface area contributed by atoms with E-state index in [4.69, 9.17) is 0 Å². The van der Waals surface area contributed by atoms with E-state index < -0.39 is 0 Å². The summed E-state index contributed by atoms with van der Waals surface area (Å²) in [4.78, 5) is 0. The summed E-state index contributed by atoms with van der Waals surface area (Å²) in [7, 11) is 0. The zero-order valence-corrected chi connectivity index (χ0v) is 12.9. The van der Waals surface area contributed by atoms with E-state index in [1.165, 1.54) is 11.1 Å². The summed E-state index contributed by atoms with van der Waals surface area (Å²) in [5, 5.41) is 0. The van der Waals surface area contributed by atoms with E-state index in [2.05, 4.69) is 60.6 Å². The molecule has 0 saturated carbocycles. The normalized spacial score (nSPS) is 29.9. The Hall–Kier alpha value is -1.04. The van der Waals surface area contributed by atoms with Gasteiger partial charge in [-0.05, 0) is 47.5 Å². The van der Waals surface area contributed by atoms with Crippen molar-refractivity contribution in [3.05, 3.63) is 45.6 Å². The van der Waals surface area contributed by atoms with E-state index in [1.54, 1.807) is 22.3 Å². The largest absolute Gasteiger partial charge is 0.0656 e. The third kappa shape index (κ3) is 1.92. The van der Waals surface area contributed by atoms with Crippen LogP contribution in [0.4, 0.5) is 0 Å². The Morgan fingerprint density at radius 1 is 0.722 bits per heavy atom. The van der Waals surface area contributed by atoms with Crippen molar-refractivity contribution >= 4 is 0 Å². The summed E-state index contributed by atoms with van der Waals surface area (Å²) in [6.45, 7) is 16.1. The molecule has 0 spiro atoms. The van der Waals surface area contributed by atoms with Crippen LogP contribution in [-0.2, 0) is 0 Å². The minimum absolute atomic E-state index is 0.638. The molecule has 0 aromatic rings. The SMILES string of the molecule is CC1=CC(C)=C(C)C1C(C)C1C(C)=CC(C)=C1C. The number of hydrogen-bond acceptors (Lipinski definition) is 0. The minimum Gasteiger partial charge on any atom is -0.0656 e. The lowest BCUT2D eigenvalue weighted by atomic mass is 9.73. The lowest BCUT2D eigenvalue weighted by Gasteiger charge is -2.31. The highest BCUT2D eigenvalue weighted by Gasteiger charge is 2.34. The maximum atomic E-state index is 2.42. The van der Waals surface area contributed by atoms with Crippen molar-refractivity contribution in [1.82, 2.24) is 0 Å². The van der Waals surface area contributed by atoms with Gasteiger partial charge in [-0.3, -0.25) is 0 Å². The van der Waals surface area contributed by atoms with Gasteiger partial charge < -0.3 is 0 Å². The quantitative estimate of drug-likeness (QED) is 0.604. The van der Waals surface area contributed by atoms with Gasteiger partial charge in [0, 0.05) is 11.8 Å². The van der Waals surface area contributed by atoms with Crippen LogP contribution in [0.1, 0.15) is 48.5 Å². The highest BCUT2D eigenvalue weighted by molar-refractivity contribution is 5.44. The van der Waals surface area contributed by atoms with Crippen LogP contribution in [0.25, 0.3) is 0 Å². The van der Waals surface area contributed by atoms with E-state index in [-0.39, 0.29) is 0 Å². The topological polar surface area (TPSA) is 0 Å². The first-order chi connectivity index (χ1) is 8.34. The summed E-state index contributed by atoms with van der Waals surface area (Å²) in [5.41, 5.74) is 9.19. The number of hydrogen-bond donors (Lipinski definition) is 0. The molecule has 2 aliphatic rings.